The third kappa shape index (κ3) is 6.42. The number of hydrogen-bond donors (Lipinski definition) is 3. The molecule has 0 fully saturated rings. The van der Waals surface area contributed by atoms with Crippen molar-refractivity contribution in [1.82, 2.24) is 29.5 Å². The molecule has 12 nitrogen and oxygen atoms in total. The van der Waals surface area contributed by atoms with Gasteiger partial charge >= 0.3 is 6.18 Å². The van der Waals surface area contributed by atoms with Crippen LogP contribution in [-0.2, 0) is 28.7 Å². The van der Waals surface area contributed by atoms with E-state index in [-0.39, 0.29) is 60.5 Å². The van der Waals surface area contributed by atoms with Gasteiger partial charge in [-0.3, -0.25) is 18.7 Å². The van der Waals surface area contributed by atoms with Gasteiger partial charge in [-0.05, 0) is 18.6 Å². The van der Waals surface area contributed by atoms with E-state index in [1.54, 1.807) is 13.0 Å². The number of nitrogens with zero attached hydrogens (tertiary/aromatic N) is 5. The van der Waals surface area contributed by atoms with Crippen LogP contribution < -0.4 is 21.1 Å². The quantitative estimate of drug-likeness (QED) is 0.115. The number of halogens is 3. The second-order valence-electron chi connectivity index (χ2n) is 8.83. The Balaban J connectivity index is 1.70. The standard InChI is InChI=1S/C27H29F3N8O4/c1-3-10-37-15-19(23(36-37)27(28,29)30)21-14-34-25-24(32-8-11-38(21)25)35-20-6-5-18(17(4-2)22(20)42-16-39)26(40)33-9-13-41-12-7-31/h3,5-6,8,11,14-16H,1,4,7,9-10,12-13,31H2,2H3,(H,32,35)(H,33,40). The average molecular weight is 587 g/mol. The van der Waals surface area contributed by atoms with Gasteiger partial charge in [0.25, 0.3) is 12.4 Å². The molecular weight excluding hydrogens is 557 g/mol. The first-order chi connectivity index (χ1) is 20.2. The summed E-state index contributed by atoms with van der Waals surface area (Å²) in [6, 6.07) is 3.10. The first kappa shape index (κ1) is 30.2. The van der Waals surface area contributed by atoms with Gasteiger partial charge in [0.1, 0.15) is 0 Å². The van der Waals surface area contributed by atoms with Crippen LogP contribution in [0, 0.1) is 0 Å². The highest BCUT2D eigenvalue weighted by molar-refractivity contribution is 5.97. The van der Waals surface area contributed by atoms with E-state index >= 15 is 0 Å². The Bertz CT molecular complexity index is 1580. The molecule has 0 aliphatic carbocycles. The molecule has 0 atom stereocenters. The fourth-order valence-electron chi connectivity index (χ4n) is 4.37. The maximum atomic E-state index is 13.8. The number of imidazole rings is 1. The normalized spacial score (nSPS) is 11.5. The Morgan fingerprint density at radius 1 is 1.24 bits per heavy atom. The van der Waals surface area contributed by atoms with Gasteiger partial charge in [-0.15, -0.1) is 6.58 Å². The topological polar surface area (TPSA) is 151 Å². The highest BCUT2D eigenvalue weighted by Crippen LogP contribution is 2.38. The van der Waals surface area contributed by atoms with Crippen molar-refractivity contribution < 1.29 is 32.2 Å². The molecule has 0 unspecified atom stereocenters. The number of carbonyl (C=O) groups excluding carboxylic acids is 2. The first-order valence-corrected chi connectivity index (χ1v) is 12.9. The molecule has 0 bridgehead atoms. The fraction of sp³-hybridized carbons (Fsp3) is 0.296. The van der Waals surface area contributed by atoms with E-state index in [9.17, 15) is 22.8 Å². The van der Waals surface area contributed by atoms with Gasteiger partial charge in [-0.2, -0.15) is 18.3 Å². The lowest BCUT2D eigenvalue weighted by Gasteiger charge is -2.17. The summed E-state index contributed by atoms with van der Waals surface area (Å²) in [6.07, 6.45) is 2.50. The molecule has 4 N–H and O–H groups in total. The Labute approximate surface area is 238 Å². The minimum Gasteiger partial charge on any atom is -0.426 e. The zero-order valence-electron chi connectivity index (χ0n) is 22.6. The molecule has 4 aromatic rings. The van der Waals surface area contributed by atoms with Gasteiger partial charge in [-0.25, -0.2) is 9.97 Å². The number of fused-ring (bicyclic) bond motifs is 1. The van der Waals surface area contributed by atoms with Crippen LogP contribution in [0.25, 0.3) is 16.9 Å². The number of nitrogens with one attached hydrogen (secondary N) is 2. The van der Waals surface area contributed by atoms with Gasteiger partial charge in [-0.1, -0.05) is 13.0 Å². The smallest absolute Gasteiger partial charge is 0.426 e. The minimum atomic E-state index is -4.71. The molecule has 3 aromatic heterocycles. The molecule has 42 heavy (non-hydrogen) atoms. The largest absolute Gasteiger partial charge is 0.435 e. The van der Waals surface area contributed by atoms with Crippen molar-refractivity contribution in [2.75, 3.05) is 31.6 Å². The van der Waals surface area contributed by atoms with Crippen LogP contribution in [0.3, 0.4) is 0 Å². The molecule has 3 heterocycles. The monoisotopic (exact) mass is 586 g/mol. The van der Waals surface area contributed by atoms with Crippen LogP contribution in [0.2, 0.25) is 0 Å². The predicted octanol–water partition coefficient (Wildman–Crippen LogP) is 3.34. The molecule has 0 spiro atoms. The SMILES string of the molecule is C=CCn1cc(-c2cnc3c(Nc4ccc(C(=O)NCCOCCN)c(CC)c4OC=O)nccn23)c(C(F)(F)F)n1. The van der Waals surface area contributed by atoms with Crippen LogP contribution in [0.15, 0.2) is 49.6 Å². The van der Waals surface area contributed by atoms with Crippen LogP contribution in [0.1, 0.15) is 28.5 Å². The van der Waals surface area contributed by atoms with E-state index in [0.717, 1.165) is 4.68 Å². The van der Waals surface area contributed by atoms with Crippen molar-refractivity contribution in [2.45, 2.75) is 26.1 Å². The molecular formula is C27H29F3N8O4. The second kappa shape index (κ2) is 13.3. The molecule has 15 heteroatoms. The Morgan fingerprint density at radius 2 is 2.05 bits per heavy atom. The lowest BCUT2D eigenvalue weighted by molar-refractivity contribution is -0.141. The number of hydrogen-bond acceptors (Lipinski definition) is 9. The zero-order valence-corrected chi connectivity index (χ0v) is 22.6. The summed E-state index contributed by atoms with van der Waals surface area (Å²) in [5.41, 5.74) is 5.53. The second-order valence-corrected chi connectivity index (χ2v) is 8.83. The summed E-state index contributed by atoms with van der Waals surface area (Å²) in [4.78, 5) is 32.9. The van der Waals surface area contributed by atoms with Crippen LogP contribution in [-0.4, -0.2) is 62.8 Å². The summed E-state index contributed by atoms with van der Waals surface area (Å²) in [7, 11) is 0. The van der Waals surface area contributed by atoms with E-state index in [1.165, 1.54) is 41.3 Å². The number of benzene rings is 1. The number of anilines is 2. The summed E-state index contributed by atoms with van der Waals surface area (Å²) in [6.45, 7) is 6.94. The number of alkyl halides is 3. The van der Waals surface area contributed by atoms with Crippen molar-refractivity contribution in [3.8, 4) is 17.0 Å². The average Bonchev–Trinajstić information content (AvgIpc) is 3.59. The number of allylic oxidation sites excluding steroid dienone is 1. The molecule has 0 saturated carbocycles. The van der Waals surface area contributed by atoms with Crippen LogP contribution >= 0.6 is 0 Å². The number of amides is 1. The van der Waals surface area contributed by atoms with Gasteiger partial charge in [0.2, 0.25) is 0 Å². The van der Waals surface area contributed by atoms with E-state index < -0.39 is 11.9 Å². The van der Waals surface area contributed by atoms with E-state index in [2.05, 4.69) is 32.3 Å². The van der Waals surface area contributed by atoms with Crippen molar-refractivity contribution in [3.63, 3.8) is 0 Å². The van der Waals surface area contributed by atoms with Crippen molar-refractivity contribution in [1.29, 1.82) is 0 Å². The van der Waals surface area contributed by atoms with Gasteiger partial charge in [0.05, 0.1) is 42.9 Å². The molecule has 222 valence electrons. The van der Waals surface area contributed by atoms with Crippen molar-refractivity contribution in [2.24, 2.45) is 5.73 Å². The zero-order chi connectivity index (χ0) is 30.3. The molecule has 4 rings (SSSR count). The highest BCUT2D eigenvalue weighted by atomic mass is 19.4. The molecule has 1 aromatic carbocycles. The number of carbonyl (C=O) groups is 2. The molecule has 0 aliphatic heterocycles. The summed E-state index contributed by atoms with van der Waals surface area (Å²) >= 11 is 0. The minimum absolute atomic E-state index is 0.0868. The maximum absolute atomic E-state index is 13.8. The fourth-order valence-corrected chi connectivity index (χ4v) is 4.37. The molecule has 1 amide bonds. The van der Waals surface area contributed by atoms with E-state index in [0.29, 0.717) is 36.4 Å². The molecule has 0 radical (unpaired) electrons. The summed E-state index contributed by atoms with van der Waals surface area (Å²) in [5.74, 6) is -0.121. The predicted molar refractivity (Wildman–Crippen MR) is 147 cm³/mol. The van der Waals surface area contributed by atoms with Crippen LogP contribution in [0.4, 0.5) is 24.7 Å². The van der Waals surface area contributed by atoms with Crippen LogP contribution in [0.5, 0.6) is 5.75 Å². The first-order valence-electron chi connectivity index (χ1n) is 12.9. The highest BCUT2D eigenvalue weighted by Gasteiger charge is 2.38. The van der Waals surface area contributed by atoms with Crippen molar-refractivity contribution >= 4 is 29.5 Å². The summed E-state index contributed by atoms with van der Waals surface area (Å²) < 4.78 is 54.6. The lowest BCUT2D eigenvalue weighted by atomic mass is 10.0. The number of nitrogens with two attached hydrogens (primary N) is 1. The Kier molecular flexibility index (Phi) is 9.54. The molecule has 0 aliphatic rings. The number of aromatic nitrogens is 5. The van der Waals surface area contributed by atoms with Gasteiger partial charge in [0, 0.05) is 42.8 Å². The van der Waals surface area contributed by atoms with Gasteiger partial charge < -0.3 is 25.8 Å². The molecule has 0 saturated heterocycles. The van der Waals surface area contributed by atoms with Gasteiger partial charge in [0.15, 0.2) is 22.9 Å². The third-order valence-corrected chi connectivity index (χ3v) is 6.12. The Morgan fingerprint density at radius 3 is 2.74 bits per heavy atom. The third-order valence-electron chi connectivity index (χ3n) is 6.12. The Hall–Kier alpha value is -4.76. The van der Waals surface area contributed by atoms with Crippen molar-refractivity contribution in [3.05, 3.63) is 66.4 Å². The maximum Gasteiger partial charge on any atom is 0.435 e. The summed E-state index contributed by atoms with van der Waals surface area (Å²) in [5, 5.41) is 9.48. The number of rotatable bonds is 14. The van der Waals surface area contributed by atoms with E-state index in [4.69, 9.17) is 15.2 Å². The van der Waals surface area contributed by atoms with E-state index in [1.807, 2.05) is 0 Å². The number of ether oxygens (including phenoxy) is 2. The lowest BCUT2D eigenvalue weighted by Crippen LogP contribution is -2.29.